The number of phenolic OH excluding ortho intramolecular Hbond substituents is 3. The lowest BCUT2D eigenvalue weighted by Gasteiger charge is -2.47. The van der Waals surface area contributed by atoms with E-state index in [9.17, 15) is 89.4 Å². The Hall–Kier alpha value is -9.29. The van der Waals surface area contributed by atoms with Gasteiger partial charge in [-0.05, 0) is 110 Å². The van der Waals surface area contributed by atoms with E-state index in [-0.39, 0.29) is 74.8 Å². The summed E-state index contributed by atoms with van der Waals surface area (Å²) in [5.41, 5.74) is 8.98. The molecule has 0 aromatic heterocycles. The van der Waals surface area contributed by atoms with E-state index in [1.54, 1.807) is 6.92 Å². The number of fused-ring (bicyclic) bond motifs is 6. The molecule has 33 heteroatoms. The third-order valence-corrected chi connectivity index (χ3v) is 17.8. The number of aliphatic hydroxyl groups is 6. The summed E-state index contributed by atoms with van der Waals surface area (Å²) in [6.45, 7) is 4.79. The highest BCUT2D eigenvalue weighted by atomic mass is 35.5. The SMILES string of the molecule is CN[C@H](CC(C)C)C(=O)N[C@H]1C(=O)N[C@@H](CC(N)=O)C(=O)NCC(=O)N[C@H]2C(=O)N[C@H](C(=O)C[C@H](C(=O)O)c3cc(O)cc(O)c3-c3cc2ccc3O)[C@H](O)c2ccc(cc2)Oc2cccc(c2O[C@@H]2O[C@H](CO)[C@@H](O)[C@H](O)[C@H]2O[C@H]2C[C@](C)(N)[C@H](O)[C@H](C)O2)Oc2ccc(cc2Cl)[C@H]1O. The Balaban J connectivity index is 1.19. The highest BCUT2D eigenvalue weighted by Gasteiger charge is 2.51. The number of rotatable bonds is 13. The summed E-state index contributed by atoms with van der Waals surface area (Å²) in [4.78, 5) is 113. The number of aliphatic carboxylic acids is 1. The van der Waals surface area contributed by atoms with Gasteiger partial charge in [0, 0.05) is 35.6 Å². The highest BCUT2D eigenvalue weighted by Crippen LogP contribution is 2.48. The number of para-hydroxylation sites is 1. The molecule has 5 aromatic carbocycles. The number of ketones is 1. The highest BCUT2D eigenvalue weighted by molar-refractivity contribution is 6.32. The van der Waals surface area contributed by atoms with Gasteiger partial charge in [0.05, 0.1) is 48.8 Å². The Bertz CT molecular complexity index is 3900. The zero-order valence-corrected chi connectivity index (χ0v) is 55.2. The average molecular weight is 1420 g/mol. The minimum Gasteiger partial charge on any atom is -0.508 e. The predicted octanol–water partition coefficient (Wildman–Crippen LogP) is 0.284. The van der Waals surface area contributed by atoms with E-state index in [0.29, 0.717) is 0 Å². The quantitative estimate of drug-likeness (QED) is 0.0753. The zero-order valence-electron chi connectivity index (χ0n) is 54.4. The van der Waals surface area contributed by atoms with Crippen molar-refractivity contribution in [1.82, 2.24) is 31.9 Å². The van der Waals surface area contributed by atoms with Crippen molar-refractivity contribution in [1.29, 1.82) is 0 Å². The van der Waals surface area contributed by atoms with E-state index in [2.05, 4.69) is 31.9 Å². The van der Waals surface area contributed by atoms with Gasteiger partial charge in [-0.25, -0.2) is 0 Å². The molecule has 11 rings (SSSR count). The molecule has 0 radical (unpaired) electrons. The number of aliphatic hydroxyl groups excluding tert-OH is 6. The van der Waals surface area contributed by atoms with Crippen molar-refractivity contribution in [2.45, 2.75) is 156 Å². The third kappa shape index (κ3) is 16.9. The second-order valence-electron chi connectivity index (χ2n) is 25.4. The van der Waals surface area contributed by atoms with Gasteiger partial charge in [0.1, 0.15) is 83.4 Å². The normalized spacial score (nSPS) is 28.7. The number of likely N-dealkylation sites (N-methyl/N-ethyl adjacent to an activating group) is 1. The number of hydrogen-bond acceptors (Lipinski definition) is 25. The number of nitrogens with one attached hydrogen (secondary N) is 6. The molecule has 0 unspecified atom stereocenters. The van der Waals surface area contributed by atoms with Crippen molar-refractivity contribution >= 4 is 58.8 Å². The summed E-state index contributed by atoms with van der Waals surface area (Å²) in [5.74, 6) is -15.2. The Morgan fingerprint density at radius 3 is 2.11 bits per heavy atom. The predicted molar refractivity (Wildman–Crippen MR) is 348 cm³/mol. The number of carboxylic acids is 1. The van der Waals surface area contributed by atoms with E-state index in [1.807, 2.05) is 13.8 Å². The van der Waals surface area contributed by atoms with E-state index in [1.165, 1.54) is 68.6 Å². The Kier molecular flexibility index (Phi) is 23.6. The first-order valence-electron chi connectivity index (χ1n) is 31.7. The summed E-state index contributed by atoms with van der Waals surface area (Å²) in [5, 5.41) is 127. The van der Waals surface area contributed by atoms with E-state index in [4.69, 9.17) is 51.5 Å². The lowest BCUT2D eigenvalue weighted by Crippen LogP contribution is -2.64. The Labute approximate surface area is 575 Å². The number of phenols is 3. The number of carbonyl (C=O) groups is 8. The Morgan fingerprint density at radius 2 is 1.47 bits per heavy atom. The molecule has 20 N–H and O–H groups in total. The molecule has 6 heterocycles. The summed E-state index contributed by atoms with van der Waals surface area (Å²) >= 11 is 6.96. The maximum Gasteiger partial charge on any atom is 0.311 e. The maximum atomic E-state index is 14.9. The molecule has 17 atom stereocenters. The van der Waals surface area contributed by atoms with E-state index in [0.717, 1.165) is 36.4 Å². The summed E-state index contributed by atoms with van der Waals surface area (Å²) < 4.78 is 37.7. The Morgan fingerprint density at radius 1 is 0.790 bits per heavy atom. The molecule has 100 heavy (non-hydrogen) atoms. The number of halogens is 1. The molecule has 6 amide bonds. The summed E-state index contributed by atoms with van der Waals surface area (Å²) in [6.07, 6.45) is -18.3. The van der Waals surface area contributed by atoms with Crippen LogP contribution in [0.4, 0.5) is 0 Å². The number of benzene rings is 5. The lowest BCUT2D eigenvalue weighted by atomic mass is 9.83. The van der Waals surface area contributed by atoms with Gasteiger partial charge < -0.3 is 123 Å². The molecule has 0 spiro atoms. The molecule has 0 saturated carbocycles. The summed E-state index contributed by atoms with van der Waals surface area (Å²) in [6, 6.07) is 8.77. The van der Waals surface area contributed by atoms with Gasteiger partial charge in [-0.3, -0.25) is 38.4 Å². The largest absolute Gasteiger partial charge is 0.508 e. The van der Waals surface area contributed by atoms with Gasteiger partial charge in [-0.1, -0.05) is 55.8 Å². The third-order valence-electron chi connectivity index (χ3n) is 17.5. The molecule has 10 bridgehead atoms. The monoisotopic (exact) mass is 1410 g/mol. The summed E-state index contributed by atoms with van der Waals surface area (Å²) in [7, 11) is 1.48. The van der Waals surface area contributed by atoms with Crippen LogP contribution in [-0.2, 0) is 52.6 Å². The topological polar surface area (TPSA) is 518 Å². The fourth-order valence-electron chi connectivity index (χ4n) is 12.2. The van der Waals surface area contributed by atoms with Crippen LogP contribution in [0.1, 0.15) is 99.8 Å². The van der Waals surface area contributed by atoms with E-state index >= 15 is 0 Å². The van der Waals surface area contributed by atoms with Crippen molar-refractivity contribution in [2.24, 2.45) is 17.4 Å². The standard InChI is InChI=1S/C67H79ClN8O24/c1-27(2)17-38(71-5)62(90)76-53-55(85)31-12-16-43(37(68)19-31)97-45-8-6-7-44(58(45)100-66-59(57(87)56(86)46(26-77)98-66)99-49-24-67(4,70)60(88)28(3)95-49)96-33-13-9-29(10-14-33)54(84)52-42(81)22-35(65(93)94)34-20-32(78)21-41(80)50(34)36-18-30(11-15-40(36)79)51(63(91)75-52)74-48(83)25-72-61(89)39(23-47(69)82)73-64(53)92/h6-16,18-21,27-28,35,38-39,46,49,51-57,59-60,66,71,77-80,84-88H,17,22-26,70H2,1-5H3,(H2,69,82)(H,72,89)(H,73,92)(H,74,83)(H,75,91)(H,76,90)(H,93,94)/t28-,35-,38+,39-,46+,49-,51+,52+,53+,54+,55+,56+,57-,59+,60+,66-,67-/m0/s1. The van der Waals surface area contributed by atoms with Crippen LogP contribution in [0.15, 0.2) is 91.0 Å². The van der Waals surface area contributed by atoms with Gasteiger partial charge >= 0.3 is 5.97 Å². The molecule has 2 fully saturated rings. The van der Waals surface area contributed by atoms with Crippen LogP contribution in [0.25, 0.3) is 11.1 Å². The lowest BCUT2D eigenvalue weighted by molar-refractivity contribution is -0.333. The minimum absolute atomic E-state index is 0.0694. The number of carbonyl (C=O) groups excluding carboxylic acids is 7. The molecule has 2 saturated heterocycles. The number of Topliss-reactive ketones (excluding diaryl/α,β-unsaturated/α-hetero) is 1. The van der Waals surface area contributed by atoms with Crippen molar-refractivity contribution in [3.8, 4) is 57.1 Å². The number of carboxylic acid groups (broad SMARTS) is 1. The second kappa shape index (κ2) is 31.5. The van der Waals surface area contributed by atoms with Crippen LogP contribution < -0.4 is 57.6 Å². The van der Waals surface area contributed by atoms with Gasteiger partial charge in [0.2, 0.25) is 47.5 Å². The molecule has 6 aliphatic heterocycles. The zero-order chi connectivity index (χ0) is 72.9. The smallest absolute Gasteiger partial charge is 0.311 e. The number of hydrogen-bond donors (Lipinski definition) is 18. The number of aromatic hydroxyl groups is 3. The van der Waals surface area contributed by atoms with Gasteiger partial charge in [-0.2, -0.15) is 0 Å². The van der Waals surface area contributed by atoms with Gasteiger partial charge in [-0.15, -0.1) is 0 Å². The van der Waals surface area contributed by atoms with Crippen molar-refractivity contribution in [3.63, 3.8) is 0 Å². The van der Waals surface area contributed by atoms with Crippen LogP contribution >= 0.6 is 11.6 Å². The number of amides is 6. The molecular weight excluding hydrogens is 1340 g/mol. The van der Waals surface area contributed by atoms with Crippen LogP contribution in [0.3, 0.4) is 0 Å². The molecule has 538 valence electrons. The number of primary amides is 1. The first-order valence-corrected chi connectivity index (χ1v) is 32.0. The minimum atomic E-state index is -2.12. The first kappa shape index (κ1) is 74.9. The van der Waals surface area contributed by atoms with Crippen molar-refractivity contribution < 1.29 is 118 Å². The van der Waals surface area contributed by atoms with Crippen molar-refractivity contribution in [3.05, 3.63) is 118 Å². The van der Waals surface area contributed by atoms with Crippen molar-refractivity contribution in [2.75, 3.05) is 20.2 Å². The fourth-order valence-corrected chi connectivity index (χ4v) is 12.4. The van der Waals surface area contributed by atoms with Crippen LogP contribution in [0, 0.1) is 5.92 Å². The van der Waals surface area contributed by atoms with Crippen LogP contribution in [0.5, 0.6) is 46.0 Å². The molecule has 5 aromatic rings. The second-order valence-corrected chi connectivity index (χ2v) is 25.9. The van der Waals surface area contributed by atoms with Crippen LogP contribution in [0.2, 0.25) is 5.02 Å². The number of nitrogens with two attached hydrogens (primary N) is 2. The molecular formula is C67H79ClN8O24. The first-order chi connectivity index (χ1) is 47.3. The maximum absolute atomic E-state index is 14.9. The van der Waals surface area contributed by atoms with Crippen LogP contribution in [-0.4, -0.2) is 197 Å². The molecule has 0 aliphatic carbocycles. The molecule has 32 nitrogen and oxygen atoms in total. The van der Waals surface area contributed by atoms with E-state index < -0.39 is 205 Å². The average Bonchev–Trinajstić information content (AvgIpc) is 0.774. The fraction of sp³-hybridized carbons (Fsp3) is 0.433. The van der Waals surface area contributed by atoms with Gasteiger partial charge in [0.15, 0.2) is 29.7 Å². The van der Waals surface area contributed by atoms with Gasteiger partial charge in [0.25, 0.3) is 0 Å². The molecule has 6 aliphatic rings. The number of ether oxygens (including phenoxy) is 6.